The van der Waals surface area contributed by atoms with Gasteiger partial charge in [0.2, 0.25) is 11.9 Å². The van der Waals surface area contributed by atoms with Crippen LogP contribution in [0.15, 0.2) is 0 Å². The van der Waals surface area contributed by atoms with Crippen molar-refractivity contribution < 1.29 is 14.5 Å². The fraction of sp³-hybridized carbons (Fsp3) is 0.615. The molecule has 1 aromatic rings. The van der Waals surface area contributed by atoms with Crippen LogP contribution >= 0.6 is 11.3 Å². The largest absolute Gasteiger partial charge is 0.301 e. The van der Waals surface area contributed by atoms with E-state index in [1.807, 2.05) is 13.8 Å². The van der Waals surface area contributed by atoms with Crippen LogP contribution in [0.25, 0.3) is 0 Å². The van der Waals surface area contributed by atoms with E-state index in [0.29, 0.717) is 22.9 Å². The van der Waals surface area contributed by atoms with Gasteiger partial charge in [-0.1, -0.05) is 25.2 Å². The molecule has 2 aliphatic carbocycles. The van der Waals surface area contributed by atoms with Crippen LogP contribution in [0.2, 0.25) is 0 Å². The molecule has 1 N–H and O–H groups in total. The SMILES string of the molecule is CC1(C)CC(=O)c2sc(NC(=O)[C@H]3C[C@@H]3[N+](=O)[O-])nc2C1. The standard InChI is InChI=1S/C13H15N3O4S/c1-13(2)4-7-10(9(17)5-13)21-12(14-7)15-11(18)6-3-8(6)16(19)20/h6,8H,3-5H2,1-2H3,(H,14,15,18)/t6-,8-/m0/s1. The molecule has 3 rings (SSSR count). The minimum Gasteiger partial charge on any atom is -0.301 e. The van der Waals surface area contributed by atoms with Gasteiger partial charge in [-0.05, 0) is 11.8 Å². The first-order valence-electron chi connectivity index (χ1n) is 6.74. The number of carbonyl (C=O) groups excluding carboxylic acids is 2. The van der Waals surface area contributed by atoms with Crippen molar-refractivity contribution in [1.29, 1.82) is 0 Å². The van der Waals surface area contributed by atoms with Crippen molar-refractivity contribution in [2.45, 2.75) is 39.2 Å². The maximum atomic E-state index is 12.1. The first kappa shape index (κ1) is 14.1. The monoisotopic (exact) mass is 309 g/mol. The summed E-state index contributed by atoms with van der Waals surface area (Å²) in [4.78, 5) is 39.0. The number of aromatic nitrogens is 1. The topological polar surface area (TPSA) is 102 Å². The van der Waals surface area contributed by atoms with Gasteiger partial charge in [-0.2, -0.15) is 0 Å². The second-order valence-electron chi connectivity index (χ2n) is 6.42. The molecule has 0 spiro atoms. The van der Waals surface area contributed by atoms with Crippen molar-refractivity contribution in [3.8, 4) is 0 Å². The number of carbonyl (C=O) groups is 2. The van der Waals surface area contributed by atoms with E-state index in [9.17, 15) is 19.7 Å². The number of fused-ring (bicyclic) bond motifs is 1. The molecular weight excluding hydrogens is 294 g/mol. The summed E-state index contributed by atoms with van der Waals surface area (Å²) in [5.41, 5.74) is 0.602. The third-order valence-corrected chi connectivity index (χ3v) is 4.88. The van der Waals surface area contributed by atoms with Crippen LogP contribution in [0.4, 0.5) is 5.13 Å². The van der Waals surface area contributed by atoms with Crippen molar-refractivity contribution >= 4 is 28.2 Å². The highest BCUT2D eigenvalue weighted by Gasteiger charge is 2.53. The van der Waals surface area contributed by atoms with Crippen molar-refractivity contribution in [2.75, 3.05) is 5.32 Å². The first-order chi connectivity index (χ1) is 9.77. The van der Waals surface area contributed by atoms with E-state index in [1.165, 1.54) is 0 Å². The Bertz CT molecular complexity index is 652. The number of nitrogens with zero attached hydrogens (tertiary/aromatic N) is 2. The van der Waals surface area contributed by atoms with Crippen LogP contribution in [0, 0.1) is 21.4 Å². The number of nitro groups is 1. The molecule has 0 aromatic carbocycles. The number of rotatable bonds is 3. The Hall–Kier alpha value is -1.83. The Morgan fingerprint density at radius 3 is 2.81 bits per heavy atom. The summed E-state index contributed by atoms with van der Waals surface area (Å²) >= 11 is 1.16. The fourth-order valence-corrected chi connectivity index (χ4v) is 3.59. The number of thiazole rings is 1. The molecule has 2 atom stereocenters. The van der Waals surface area contributed by atoms with Crippen LogP contribution in [0.5, 0.6) is 0 Å². The van der Waals surface area contributed by atoms with Crippen LogP contribution in [-0.2, 0) is 11.2 Å². The minimum atomic E-state index is -0.778. The summed E-state index contributed by atoms with van der Waals surface area (Å²) in [6.45, 7) is 4.02. The van der Waals surface area contributed by atoms with Gasteiger partial charge in [0.15, 0.2) is 10.9 Å². The maximum absolute atomic E-state index is 12.1. The van der Waals surface area contributed by atoms with Crippen LogP contribution < -0.4 is 5.32 Å². The molecule has 1 aromatic heterocycles. The van der Waals surface area contributed by atoms with Gasteiger partial charge in [0.25, 0.3) is 0 Å². The summed E-state index contributed by atoms with van der Waals surface area (Å²) in [7, 11) is 0. The van der Waals surface area contributed by atoms with Crippen LogP contribution in [-0.4, -0.2) is 27.6 Å². The van der Waals surface area contributed by atoms with E-state index in [4.69, 9.17) is 0 Å². The number of amides is 1. The Kier molecular flexibility index (Phi) is 3.09. The Labute approximate surface area is 124 Å². The van der Waals surface area contributed by atoms with Gasteiger partial charge in [0.1, 0.15) is 5.92 Å². The molecule has 1 amide bonds. The molecule has 0 aliphatic heterocycles. The third kappa shape index (κ3) is 2.67. The van der Waals surface area contributed by atoms with Gasteiger partial charge in [-0.3, -0.25) is 19.7 Å². The highest BCUT2D eigenvalue weighted by atomic mass is 32.1. The van der Waals surface area contributed by atoms with E-state index in [-0.39, 0.29) is 23.5 Å². The van der Waals surface area contributed by atoms with Gasteiger partial charge in [0, 0.05) is 17.8 Å². The normalized spacial score (nSPS) is 26.1. The number of nitrogens with one attached hydrogen (secondary N) is 1. The van der Waals surface area contributed by atoms with Gasteiger partial charge < -0.3 is 5.32 Å². The predicted molar refractivity (Wildman–Crippen MR) is 76.1 cm³/mol. The average Bonchev–Trinajstić information content (AvgIpc) is 3.05. The van der Waals surface area contributed by atoms with Crippen molar-refractivity contribution in [3.05, 3.63) is 20.7 Å². The molecule has 0 bridgehead atoms. The van der Waals surface area contributed by atoms with E-state index in [0.717, 1.165) is 17.0 Å². The lowest BCUT2D eigenvalue weighted by molar-refractivity contribution is -0.497. The Morgan fingerprint density at radius 2 is 2.19 bits per heavy atom. The van der Waals surface area contributed by atoms with Gasteiger partial charge in [-0.15, -0.1) is 0 Å². The smallest absolute Gasteiger partial charge is 0.236 e. The second kappa shape index (κ2) is 4.59. The molecule has 0 saturated heterocycles. The lowest BCUT2D eigenvalue weighted by Gasteiger charge is -2.26. The van der Waals surface area contributed by atoms with Gasteiger partial charge >= 0.3 is 0 Å². The van der Waals surface area contributed by atoms with E-state index < -0.39 is 16.9 Å². The van der Waals surface area contributed by atoms with Gasteiger partial charge in [-0.25, -0.2) is 4.98 Å². The average molecular weight is 309 g/mol. The second-order valence-corrected chi connectivity index (χ2v) is 7.42. The summed E-state index contributed by atoms with van der Waals surface area (Å²) in [6, 6.07) is -0.778. The summed E-state index contributed by atoms with van der Waals surface area (Å²) in [6.07, 6.45) is 1.44. The number of hydrogen-bond acceptors (Lipinski definition) is 6. The third-order valence-electron chi connectivity index (χ3n) is 3.83. The first-order valence-corrected chi connectivity index (χ1v) is 7.56. The molecule has 21 heavy (non-hydrogen) atoms. The molecular formula is C13H15N3O4S. The molecule has 2 aliphatic rings. The minimum absolute atomic E-state index is 0.0499. The van der Waals surface area contributed by atoms with E-state index >= 15 is 0 Å². The Balaban J connectivity index is 1.73. The number of Topliss-reactive ketones (excluding diaryl/α,β-unsaturated/α-hetero) is 1. The maximum Gasteiger partial charge on any atom is 0.236 e. The van der Waals surface area contributed by atoms with E-state index in [2.05, 4.69) is 10.3 Å². The lowest BCUT2D eigenvalue weighted by Crippen LogP contribution is -2.26. The summed E-state index contributed by atoms with van der Waals surface area (Å²) in [5, 5.41) is 13.5. The lowest BCUT2D eigenvalue weighted by atomic mass is 9.78. The zero-order valence-electron chi connectivity index (χ0n) is 11.7. The molecule has 1 heterocycles. The van der Waals surface area contributed by atoms with Crippen LogP contribution in [0.3, 0.4) is 0 Å². The number of anilines is 1. The fourth-order valence-electron chi connectivity index (χ4n) is 2.67. The predicted octanol–water partition coefficient (Wildman–Crippen LogP) is 1.90. The molecule has 1 fully saturated rings. The molecule has 7 nitrogen and oxygen atoms in total. The van der Waals surface area contributed by atoms with Crippen molar-refractivity contribution in [2.24, 2.45) is 11.3 Å². The molecule has 8 heteroatoms. The zero-order valence-corrected chi connectivity index (χ0v) is 12.5. The van der Waals surface area contributed by atoms with Crippen molar-refractivity contribution in [3.63, 3.8) is 0 Å². The number of hydrogen-bond donors (Lipinski definition) is 1. The Morgan fingerprint density at radius 1 is 1.48 bits per heavy atom. The molecule has 1 saturated carbocycles. The zero-order chi connectivity index (χ0) is 15.4. The summed E-state index contributed by atoms with van der Waals surface area (Å²) in [5.74, 6) is -0.906. The molecule has 0 radical (unpaired) electrons. The number of ketones is 1. The van der Waals surface area contributed by atoms with E-state index in [1.54, 1.807) is 0 Å². The van der Waals surface area contributed by atoms with Crippen molar-refractivity contribution in [1.82, 2.24) is 4.98 Å². The molecule has 112 valence electrons. The molecule has 0 unspecified atom stereocenters. The quantitative estimate of drug-likeness (QED) is 0.678. The van der Waals surface area contributed by atoms with Crippen LogP contribution in [0.1, 0.15) is 42.1 Å². The van der Waals surface area contributed by atoms with Gasteiger partial charge in [0.05, 0.1) is 10.6 Å². The highest BCUT2D eigenvalue weighted by molar-refractivity contribution is 7.17. The summed E-state index contributed by atoms with van der Waals surface area (Å²) < 4.78 is 0. The highest BCUT2D eigenvalue weighted by Crippen LogP contribution is 2.39.